The van der Waals surface area contributed by atoms with E-state index in [0.717, 1.165) is 16.5 Å². The van der Waals surface area contributed by atoms with Crippen molar-refractivity contribution in [3.05, 3.63) is 72.4 Å². The lowest BCUT2D eigenvalue weighted by molar-refractivity contribution is -0.112. The van der Waals surface area contributed by atoms with Crippen LogP contribution in [0.25, 0.3) is 10.8 Å². The fourth-order valence-corrected chi connectivity index (χ4v) is 2.76. The monoisotopic (exact) mass is 373 g/mol. The Morgan fingerprint density at radius 2 is 1.75 bits per heavy atom. The van der Waals surface area contributed by atoms with Crippen LogP contribution in [0.1, 0.15) is 0 Å². The summed E-state index contributed by atoms with van der Waals surface area (Å²) in [7, 11) is 3.05. The molecule has 0 saturated heterocycles. The van der Waals surface area contributed by atoms with Gasteiger partial charge in [0, 0.05) is 29.0 Å². The summed E-state index contributed by atoms with van der Waals surface area (Å²) in [5.41, 5.74) is 1.25. The minimum absolute atomic E-state index is 0.0530. The molecular weight excluding hydrogens is 354 g/mol. The second-order valence-corrected chi connectivity index (χ2v) is 5.86. The largest absolute Gasteiger partial charge is 0.493 e. The molecule has 3 rings (SSSR count). The molecule has 0 unspecified atom stereocenters. The number of fused-ring (bicyclic) bond motifs is 1. The molecule has 1 amide bonds. The van der Waals surface area contributed by atoms with E-state index in [1.165, 1.54) is 20.4 Å². The second-order valence-electron chi connectivity index (χ2n) is 5.86. The normalized spacial score (nSPS) is 10.8. The maximum Gasteiger partial charge on any atom is 0.267 e. The molecule has 0 radical (unpaired) electrons. The standard InChI is InChI=1S/C22H19N3O3/c1-27-20-11-10-17(12-21(20)28-2)25-22(26)16(13-23)14-24-19-9-5-7-15-6-3-4-8-18(15)19/h3-12,14,24H,1-2H3,(H,25,26)/b16-14-. The van der Waals surface area contributed by atoms with Gasteiger partial charge in [-0.1, -0.05) is 36.4 Å². The third-order valence-corrected chi connectivity index (χ3v) is 4.17. The van der Waals surface area contributed by atoms with Gasteiger partial charge in [-0.3, -0.25) is 4.79 Å². The molecule has 0 fully saturated rings. The van der Waals surface area contributed by atoms with Gasteiger partial charge >= 0.3 is 0 Å². The molecule has 3 aromatic carbocycles. The zero-order valence-corrected chi connectivity index (χ0v) is 15.5. The predicted octanol–water partition coefficient (Wildman–Crippen LogP) is 4.32. The van der Waals surface area contributed by atoms with Crippen molar-refractivity contribution >= 4 is 28.1 Å². The Balaban J connectivity index is 1.79. The molecular formula is C22H19N3O3. The highest BCUT2D eigenvalue weighted by Gasteiger charge is 2.12. The summed E-state index contributed by atoms with van der Waals surface area (Å²) < 4.78 is 10.4. The molecule has 140 valence electrons. The number of ether oxygens (including phenoxy) is 2. The van der Waals surface area contributed by atoms with Gasteiger partial charge in [0.2, 0.25) is 0 Å². The van der Waals surface area contributed by atoms with Crippen LogP contribution in [-0.4, -0.2) is 20.1 Å². The number of nitrogens with zero attached hydrogens (tertiary/aromatic N) is 1. The molecule has 2 N–H and O–H groups in total. The minimum atomic E-state index is -0.526. The molecule has 0 heterocycles. The highest BCUT2D eigenvalue weighted by molar-refractivity contribution is 6.07. The van der Waals surface area contributed by atoms with Crippen LogP contribution in [0.4, 0.5) is 11.4 Å². The van der Waals surface area contributed by atoms with Crippen LogP contribution >= 0.6 is 0 Å². The fraction of sp³-hybridized carbons (Fsp3) is 0.0909. The maximum atomic E-state index is 12.5. The topological polar surface area (TPSA) is 83.4 Å². The number of carbonyl (C=O) groups is 1. The van der Waals surface area contributed by atoms with Crippen LogP contribution in [0, 0.1) is 11.3 Å². The summed E-state index contributed by atoms with van der Waals surface area (Å²) in [4.78, 5) is 12.5. The summed E-state index contributed by atoms with van der Waals surface area (Å²) in [5.74, 6) is 0.508. The number of benzene rings is 3. The first-order valence-electron chi connectivity index (χ1n) is 8.54. The Kier molecular flexibility index (Phi) is 5.78. The molecule has 6 heteroatoms. The van der Waals surface area contributed by atoms with Gasteiger partial charge in [-0.25, -0.2) is 0 Å². The summed E-state index contributed by atoms with van der Waals surface area (Å²) in [6.45, 7) is 0. The number of nitrogens with one attached hydrogen (secondary N) is 2. The van der Waals surface area contributed by atoms with E-state index in [9.17, 15) is 10.1 Å². The third-order valence-electron chi connectivity index (χ3n) is 4.17. The van der Waals surface area contributed by atoms with Crippen molar-refractivity contribution in [1.82, 2.24) is 0 Å². The fourth-order valence-electron chi connectivity index (χ4n) is 2.76. The smallest absolute Gasteiger partial charge is 0.267 e. The Hall–Kier alpha value is -3.98. The van der Waals surface area contributed by atoms with Gasteiger partial charge in [0.25, 0.3) is 5.91 Å². The number of hydrogen-bond acceptors (Lipinski definition) is 5. The molecule has 0 aliphatic heterocycles. The van der Waals surface area contributed by atoms with E-state index < -0.39 is 5.91 Å². The lowest BCUT2D eigenvalue weighted by Gasteiger charge is -2.10. The zero-order valence-electron chi connectivity index (χ0n) is 15.5. The molecule has 0 spiro atoms. The van der Waals surface area contributed by atoms with Gasteiger partial charge in [-0.15, -0.1) is 0 Å². The van der Waals surface area contributed by atoms with Crippen molar-refractivity contribution in [3.8, 4) is 17.6 Å². The van der Waals surface area contributed by atoms with Crippen molar-refractivity contribution in [1.29, 1.82) is 5.26 Å². The van der Waals surface area contributed by atoms with E-state index >= 15 is 0 Å². The Morgan fingerprint density at radius 1 is 1.00 bits per heavy atom. The molecule has 0 aliphatic rings. The van der Waals surface area contributed by atoms with Gasteiger partial charge in [-0.05, 0) is 23.6 Å². The molecule has 0 aliphatic carbocycles. The van der Waals surface area contributed by atoms with E-state index in [1.54, 1.807) is 18.2 Å². The first-order valence-corrected chi connectivity index (χ1v) is 8.54. The lowest BCUT2D eigenvalue weighted by Crippen LogP contribution is -2.14. The quantitative estimate of drug-likeness (QED) is 0.497. The second kappa shape index (κ2) is 8.60. The van der Waals surface area contributed by atoms with E-state index in [2.05, 4.69) is 10.6 Å². The summed E-state index contributed by atoms with van der Waals surface area (Å²) in [6, 6.07) is 20.6. The van der Waals surface area contributed by atoms with E-state index in [-0.39, 0.29) is 5.57 Å². The summed E-state index contributed by atoms with van der Waals surface area (Å²) >= 11 is 0. The first-order chi connectivity index (χ1) is 13.7. The Labute approximate surface area is 163 Å². The average molecular weight is 373 g/mol. The molecule has 28 heavy (non-hydrogen) atoms. The van der Waals surface area contributed by atoms with Crippen LogP contribution in [0.3, 0.4) is 0 Å². The van der Waals surface area contributed by atoms with Crippen molar-refractivity contribution in [2.45, 2.75) is 0 Å². The van der Waals surface area contributed by atoms with Crippen LogP contribution in [0.5, 0.6) is 11.5 Å². The van der Waals surface area contributed by atoms with Crippen LogP contribution in [0.15, 0.2) is 72.4 Å². The number of methoxy groups -OCH3 is 2. The lowest BCUT2D eigenvalue weighted by atomic mass is 10.1. The molecule has 3 aromatic rings. The number of anilines is 2. The van der Waals surface area contributed by atoms with E-state index in [0.29, 0.717) is 17.2 Å². The molecule has 6 nitrogen and oxygen atoms in total. The van der Waals surface area contributed by atoms with E-state index in [1.807, 2.05) is 48.5 Å². The molecule has 0 atom stereocenters. The average Bonchev–Trinajstić information content (AvgIpc) is 2.74. The van der Waals surface area contributed by atoms with Gasteiger partial charge in [-0.2, -0.15) is 5.26 Å². The third kappa shape index (κ3) is 4.05. The molecule has 0 saturated carbocycles. The van der Waals surface area contributed by atoms with Gasteiger partial charge < -0.3 is 20.1 Å². The van der Waals surface area contributed by atoms with Crippen LogP contribution in [0.2, 0.25) is 0 Å². The first kappa shape index (κ1) is 18.8. The van der Waals surface area contributed by atoms with Crippen molar-refractivity contribution in [2.75, 3.05) is 24.9 Å². The predicted molar refractivity (Wildman–Crippen MR) is 109 cm³/mol. The Morgan fingerprint density at radius 3 is 2.50 bits per heavy atom. The zero-order chi connectivity index (χ0) is 19.9. The van der Waals surface area contributed by atoms with Gasteiger partial charge in [0.1, 0.15) is 11.6 Å². The highest BCUT2D eigenvalue weighted by Crippen LogP contribution is 2.30. The number of nitriles is 1. The maximum absolute atomic E-state index is 12.5. The van der Waals surface area contributed by atoms with Gasteiger partial charge in [0.05, 0.1) is 14.2 Å². The van der Waals surface area contributed by atoms with Crippen molar-refractivity contribution in [3.63, 3.8) is 0 Å². The Bertz CT molecular complexity index is 1080. The van der Waals surface area contributed by atoms with E-state index in [4.69, 9.17) is 9.47 Å². The number of hydrogen-bond donors (Lipinski definition) is 2. The van der Waals surface area contributed by atoms with Crippen LogP contribution in [-0.2, 0) is 4.79 Å². The summed E-state index contributed by atoms with van der Waals surface area (Å²) in [6.07, 6.45) is 1.40. The minimum Gasteiger partial charge on any atom is -0.493 e. The summed E-state index contributed by atoms with van der Waals surface area (Å²) in [5, 5.41) is 17.2. The number of rotatable bonds is 6. The van der Waals surface area contributed by atoms with Gasteiger partial charge in [0.15, 0.2) is 11.5 Å². The number of carbonyl (C=O) groups excluding carboxylic acids is 1. The number of amides is 1. The molecule has 0 aromatic heterocycles. The highest BCUT2D eigenvalue weighted by atomic mass is 16.5. The van der Waals surface area contributed by atoms with Crippen molar-refractivity contribution < 1.29 is 14.3 Å². The van der Waals surface area contributed by atoms with Crippen molar-refractivity contribution in [2.24, 2.45) is 0 Å². The molecule has 0 bridgehead atoms. The van der Waals surface area contributed by atoms with Crippen LogP contribution < -0.4 is 20.1 Å². The SMILES string of the molecule is COc1ccc(NC(=O)/C(C#N)=C\Nc2cccc3ccccc23)cc1OC.